The Labute approximate surface area is 158 Å². The molecule has 0 saturated carbocycles. The fourth-order valence-electron chi connectivity index (χ4n) is 2.94. The zero-order chi connectivity index (χ0) is 15.6. The Hall–Kier alpha value is -2.02. The molecule has 0 saturated heterocycles. The fraction of sp³-hybridized carbons (Fsp3) is 0.294. The minimum absolute atomic E-state index is 0. The number of halogens is 2. The van der Waals surface area contributed by atoms with Crippen LogP contribution in [-0.2, 0) is 19.6 Å². The summed E-state index contributed by atoms with van der Waals surface area (Å²) in [6.07, 6.45) is 4.86. The van der Waals surface area contributed by atoms with Gasteiger partial charge in [-0.2, -0.15) is 5.10 Å². The van der Waals surface area contributed by atoms with Crippen LogP contribution in [0.1, 0.15) is 17.7 Å². The van der Waals surface area contributed by atoms with Crippen molar-refractivity contribution in [3.05, 3.63) is 54.0 Å². The van der Waals surface area contributed by atoms with Gasteiger partial charge in [0.25, 0.3) is 0 Å². The minimum Gasteiger partial charge on any atom is -0.508 e. The smallest absolute Gasteiger partial charge is 0.160 e. The van der Waals surface area contributed by atoms with Gasteiger partial charge in [0, 0.05) is 32.0 Å². The van der Waals surface area contributed by atoms with Crippen molar-refractivity contribution in [3.8, 4) is 17.3 Å². The number of aryl methyl sites for hydroxylation is 1. The highest BCUT2D eigenvalue weighted by Crippen LogP contribution is 2.20. The van der Waals surface area contributed by atoms with Crippen molar-refractivity contribution in [2.45, 2.75) is 26.1 Å². The topological polar surface area (TPSA) is 67.9 Å². The van der Waals surface area contributed by atoms with E-state index in [0.29, 0.717) is 6.54 Å². The Morgan fingerprint density at radius 1 is 1.16 bits per heavy atom. The zero-order valence-electron chi connectivity index (χ0n) is 13.6. The van der Waals surface area contributed by atoms with E-state index >= 15 is 0 Å². The van der Waals surface area contributed by atoms with Crippen molar-refractivity contribution in [1.82, 2.24) is 24.6 Å². The first-order valence-corrected chi connectivity index (χ1v) is 7.86. The summed E-state index contributed by atoms with van der Waals surface area (Å²) in [4.78, 5) is 4.48. The van der Waals surface area contributed by atoms with E-state index in [-0.39, 0.29) is 30.6 Å². The van der Waals surface area contributed by atoms with Gasteiger partial charge in [0.05, 0.1) is 5.69 Å². The summed E-state index contributed by atoms with van der Waals surface area (Å²) in [6.45, 7) is 3.54. The number of hydrogen-bond donors (Lipinski definition) is 2. The number of aromatic hydroxyl groups is 1. The first-order chi connectivity index (χ1) is 11.3. The van der Waals surface area contributed by atoms with Gasteiger partial charge in [0.2, 0.25) is 0 Å². The molecular weight excluding hydrogens is 361 g/mol. The third kappa shape index (κ3) is 4.15. The molecule has 1 aliphatic rings. The SMILES string of the molecule is Cl.Cl.Oc1ccc(Cn2ccnc2-c2cc3n(n2)CCCNC3)cc1. The summed E-state index contributed by atoms with van der Waals surface area (Å²) in [6, 6.07) is 9.37. The van der Waals surface area contributed by atoms with Gasteiger partial charge in [0.15, 0.2) is 5.82 Å². The molecule has 3 heterocycles. The molecule has 25 heavy (non-hydrogen) atoms. The van der Waals surface area contributed by atoms with Gasteiger partial charge in [-0.15, -0.1) is 24.8 Å². The van der Waals surface area contributed by atoms with E-state index in [1.54, 1.807) is 18.3 Å². The van der Waals surface area contributed by atoms with Gasteiger partial charge in [-0.3, -0.25) is 4.68 Å². The van der Waals surface area contributed by atoms with Crippen molar-refractivity contribution >= 4 is 24.8 Å². The second-order valence-electron chi connectivity index (χ2n) is 5.82. The number of imidazole rings is 1. The quantitative estimate of drug-likeness (QED) is 0.731. The largest absolute Gasteiger partial charge is 0.508 e. The summed E-state index contributed by atoms with van der Waals surface area (Å²) in [5.41, 5.74) is 3.23. The Morgan fingerprint density at radius 3 is 2.76 bits per heavy atom. The molecule has 1 aliphatic heterocycles. The molecule has 134 valence electrons. The molecule has 0 fully saturated rings. The number of phenols is 1. The van der Waals surface area contributed by atoms with Crippen LogP contribution in [0.15, 0.2) is 42.7 Å². The first kappa shape index (κ1) is 19.3. The lowest BCUT2D eigenvalue weighted by Crippen LogP contribution is -2.11. The van der Waals surface area contributed by atoms with E-state index in [4.69, 9.17) is 5.10 Å². The molecule has 3 aromatic rings. The maximum absolute atomic E-state index is 9.39. The lowest BCUT2D eigenvalue weighted by atomic mass is 10.2. The first-order valence-electron chi connectivity index (χ1n) is 7.86. The molecule has 0 unspecified atom stereocenters. The summed E-state index contributed by atoms with van der Waals surface area (Å²) in [5.74, 6) is 1.16. The summed E-state index contributed by atoms with van der Waals surface area (Å²) < 4.78 is 4.16. The molecule has 0 aliphatic carbocycles. The van der Waals surface area contributed by atoms with Crippen LogP contribution in [0.3, 0.4) is 0 Å². The van der Waals surface area contributed by atoms with Gasteiger partial charge in [-0.25, -0.2) is 4.98 Å². The van der Waals surface area contributed by atoms with Crippen LogP contribution in [-0.4, -0.2) is 31.0 Å². The van der Waals surface area contributed by atoms with Gasteiger partial charge < -0.3 is 15.0 Å². The van der Waals surface area contributed by atoms with Gasteiger partial charge >= 0.3 is 0 Å². The standard InChI is InChI=1S/C17H19N5O.2ClH/c23-15-4-2-13(3-5-15)12-21-9-7-19-17(21)16-10-14-11-18-6-1-8-22(14)20-16;;/h2-5,7,9-10,18,23H,1,6,8,11-12H2;2*1H. The van der Waals surface area contributed by atoms with Crippen LogP contribution in [0.25, 0.3) is 11.5 Å². The van der Waals surface area contributed by atoms with Crippen molar-refractivity contribution in [1.29, 1.82) is 0 Å². The number of phenolic OH excluding ortho intramolecular Hbond substituents is 1. The van der Waals surface area contributed by atoms with E-state index in [0.717, 1.165) is 43.1 Å². The van der Waals surface area contributed by atoms with Gasteiger partial charge in [-0.05, 0) is 36.7 Å². The molecule has 0 atom stereocenters. The molecule has 0 amide bonds. The Balaban J connectivity index is 0.00000113. The van der Waals surface area contributed by atoms with Crippen molar-refractivity contribution in [2.24, 2.45) is 0 Å². The van der Waals surface area contributed by atoms with E-state index in [2.05, 4.69) is 25.6 Å². The Morgan fingerprint density at radius 2 is 1.96 bits per heavy atom. The lowest BCUT2D eigenvalue weighted by Gasteiger charge is -2.06. The maximum Gasteiger partial charge on any atom is 0.160 e. The number of nitrogens with one attached hydrogen (secondary N) is 1. The zero-order valence-corrected chi connectivity index (χ0v) is 15.3. The molecular formula is C17H21Cl2N5O. The number of fused-ring (bicyclic) bond motifs is 1. The molecule has 6 nitrogen and oxygen atoms in total. The second-order valence-corrected chi connectivity index (χ2v) is 5.82. The number of hydrogen-bond acceptors (Lipinski definition) is 4. The number of rotatable bonds is 3. The molecule has 0 spiro atoms. The van der Waals surface area contributed by atoms with E-state index in [1.165, 1.54) is 5.69 Å². The van der Waals surface area contributed by atoms with Crippen LogP contribution in [0.4, 0.5) is 0 Å². The predicted molar refractivity (Wildman–Crippen MR) is 101 cm³/mol. The molecule has 4 rings (SSSR count). The number of nitrogens with zero attached hydrogens (tertiary/aromatic N) is 4. The van der Waals surface area contributed by atoms with Crippen molar-refractivity contribution in [2.75, 3.05) is 6.54 Å². The predicted octanol–water partition coefficient (Wildman–Crippen LogP) is 2.84. The van der Waals surface area contributed by atoms with Gasteiger partial charge in [-0.1, -0.05) is 12.1 Å². The highest BCUT2D eigenvalue weighted by atomic mass is 35.5. The van der Waals surface area contributed by atoms with Crippen LogP contribution in [0.5, 0.6) is 5.75 Å². The second kappa shape index (κ2) is 8.38. The van der Waals surface area contributed by atoms with Crippen LogP contribution < -0.4 is 5.32 Å². The lowest BCUT2D eigenvalue weighted by molar-refractivity contribution is 0.475. The van der Waals surface area contributed by atoms with Crippen LogP contribution in [0, 0.1) is 0 Å². The van der Waals surface area contributed by atoms with E-state index < -0.39 is 0 Å². The van der Waals surface area contributed by atoms with E-state index in [9.17, 15) is 5.11 Å². The molecule has 2 aromatic heterocycles. The number of aromatic nitrogens is 4. The minimum atomic E-state index is 0. The molecule has 0 radical (unpaired) electrons. The van der Waals surface area contributed by atoms with E-state index in [1.807, 2.05) is 18.3 Å². The monoisotopic (exact) mass is 381 g/mol. The van der Waals surface area contributed by atoms with Crippen molar-refractivity contribution < 1.29 is 5.11 Å². The Kier molecular flexibility index (Phi) is 6.47. The average molecular weight is 382 g/mol. The number of benzene rings is 1. The summed E-state index contributed by atoms with van der Waals surface area (Å²) in [7, 11) is 0. The highest BCUT2D eigenvalue weighted by molar-refractivity contribution is 5.85. The van der Waals surface area contributed by atoms with Crippen molar-refractivity contribution in [3.63, 3.8) is 0 Å². The normalized spacial score (nSPS) is 13.3. The van der Waals surface area contributed by atoms with Gasteiger partial charge in [0.1, 0.15) is 11.4 Å². The van der Waals surface area contributed by atoms with Crippen LogP contribution >= 0.6 is 24.8 Å². The van der Waals surface area contributed by atoms with Crippen LogP contribution in [0.2, 0.25) is 0 Å². The third-order valence-corrected chi connectivity index (χ3v) is 4.13. The summed E-state index contributed by atoms with van der Waals surface area (Å²) in [5, 5.41) is 17.5. The highest BCUT2D eigenvalue weighted by Gasteiger charge is 2.15. The molecule has 0 bridgehead atoms. The Bertz CT molecular complexity index is 789. The average Bonchev–Trinajstić information content (AvgIpc) is 3.11. The molecule has 1 aromatic carbocycles. The summed E-state index contributed by atoms with van der Waals surface area (Å²) >= 11 is 0. The maximum atomic E-state index is 9.39. The molecule has 8 heteroatoms. The fourth-order valence-corrected chi connectivity index (χ4v) is 2.94. The molecule has 2 N–H and O–H groups in total. The third-order valence-electron chi connectivity index (χ3n) is 4.13.